The molecule has 0 spiro atoms. The molecular formula is C29H36N4O7. The Kier molecular flexibility index (Phi) is 7.18. The summed E-state index contributed by atoms with van der Waals surface area (Å²) in [5, 5.41) is 4.97. The largest absolute Gasteiger partial charge is 0.444 e. The van der Waals surface area contributed by atoms with Crippen LogP contribution in [0.25, 0.3) is 0 Å². The monoisotopic (exact) mass is 552 g/mol. The van der Waals surface area contributed by atoms with E-state index in [0.29, 0.717) is 50.0 Å². The minimum atomic E-state index is -1.28. The van der Waals surface area contributed by atoms with E-state index in [4.69, 9.17) is 4.74 Å². The first-order valence-electron chi connectivity index (χ1n) is 14.0. The van der Waals surface area contributed by atoms with Gasteiger partial charge in [0.1, 0.15) is 11.1 Å². The molecule has 6 amide bonds. The molecule has 0 atom stereocenters. The number of carbonyl (C=O) groups is 6. The van der Waals surface area contributed by atoms with Gasteiger partial charge in [0.15, 0.2) is 0 Å². The third-order valence-electron chi connectivity index (χ3n) is 8.34. The van der Waals surface area contributed by atoms with Gasteiger partial charge in [-0.25, -0.2) is 4.79 Å². The summed E-state index contributed by atoms with van der Waals surface area (Å²) in [6.45, 7) is 6.95. The maximum absolute atomic E-state index is 13.6. The second kappa shape index (κ2) is 10.3. The molecule has 2 bridgehead atoms. The van der Waals surface area contributed by atoms with Gasteiger partial charge >= 0.3 is 6.09 Å². The molecule has 0 unspecified atom stereocenters. The van der Waals surface area contributed by atoms with E-state index in [-0.39, 0.29) is 36.5 Å². The average molecular weight is 553 g/mol. The first-order chi connectivity index (χ1) is 18.9. The number of amides is 6. The van der Waals surface area contributed by atoms with Crippen molar-refractivity contribution in [2.75, 3.05) is 19.6 Å². The van der Waals surface area contributed by atoms with Gasteiger partial charge < -0.3 is 15.0 Å². The van der Waals surface area contributed by atoms with Crippen LogP contribution < -0.4 is 10.6 Å². The Balaban J connectivity index is 1.14. The predicted molar refractivity (Wildman–Crippen MR) is 142 cm³/mol. The lowest BCUT2D eigenvalue weighted by molar-refractivity contribution is -0.158. The van der Waals surface area contributed by atoms with Gasteiger partial charge in [-0.3, -0.25) is 34.2 Å². The van der Waals surface area contributed by atoms with Gasteiger partial charge in [0.05, 0.1) is 11.1 Å². The maximum Gasteiger partial charge on any atom is 0.407 e. The smallest absolute Gasteiger partial charge is 0.407 e. The van der Waals surface area contributed by atoms with E-state index in [9.17, 15) is 28.8 Å². The molecule has 4 aliphatic heterocycles. The van der Waals surface area contributed by atoms with E-state index in [1.54, 1.807) is 32.9 Å². The minimum Gasteiger partial charge on any atom is -0.444 e. The summed E-state index contributed by atoms with van der Waals surface area (Å²) in [7, 11) is 0. The first kappa shape index (κ1) is 27.8. The maximum atomic E-state index is 13.6. The van der Waals surface area contributed by atoms with Crippen molar-refractivity contribution in [3.63, 3.8) is 0 Å². The van der Waals surface area contributed by atoms with Crippen molar-refractivity contribution in [1.29, 1.82) is 0 Å². The van der Waals surface area contributed by atoms with Crippen molar-refractivity contribution < 1.29 is 33.5 Å². The summed E-state index contributed by atoms with van der Waals surface area (Å²) in [5.74, 6) is -1.93. The van der Waals surface area contributed by atoms with Crippen LogP contribution in [0.5, 0.6) is 0 Å². The van der Waals surface area contributed by atoms with Crippen molar-refractivity contribution in [1.82, 2.24) is 20.4 Å². The molecule has 40 heavy (non-hydrogen) atoms. The number of hydrogen-bond donors (Lipinski definition) is 2. The molecule has 1 aliphatic carbocycles. The Hall–Kier alpha value is -3.76. The number of nitrogens with one attached hydrogen (secondary N) is 2. The summed E-state index contributed by atoms with van der Waals surface area (Å²) in [5.41, 5.74) is -0.420. The zero-order chi connectivity index (χ0) is 28.8. The van der Waals surface area contributed by atoms with Crippen LogP contribution in [0.4, 0.5) is 4.79 Å². The van der Waals surface area contributed by atoms with Crippen molar-refractivity contribution in [2.45, 2.75) is 76.9 Å². The van der Waals surface area contributed by atoms with Gasteiger partial charge in [0, 0.05) is 32.0 Å². The molecule has 214 valence electrons. The lowest BCUT2D eigenvalue weighted by Crippen LogP contribution is -2.74. The highest BCUT2D eigenvalue weighted by molar-refractivity contribution is 6.25. The third kappa shape index (κ3) is 5.09. The standard InChI is InChI=1S/C29H36N4O7/c1-28(2,3)40-27(39)30-11-5-8-21(34)32-12-9-17(10-13-32)14-18-6-4-7-20-22(18)25(37)33(24(20)36)29-15-19(16-29)23(35)31-26(29)38/h4,6-7,17,19H,5,8-16H2,1-3H3,(H,30,39)(H,31,35,38). The molecule has 1 aromatic carbocycles. The quantitative estimate of drug-likeness (QED) is 0.390. The fourth-order valence-corrected chi connectivity index (χ4v) is 6.25. The molecule has 1 aromatic rings. The number of fused-ring (bicyclic) bond motifs is 3. The van der Waals surface area contributed by atoms with Crippen LogP contribution >= 0.6 is 0 Å². The van der Waals surface area contributed by atoms with Crippen LogP contribution in [0.2, 0.25) is 0 Å². The molecule has 0 radical (unpaired) electrons. The van der Waals surface area contributed by atoms with Crippen molar-refractivity contribution in [3.05, 3.63) is 34.9 Å². The molecule has 5 aliphatic rings. The van der Waals surface area contributed by atoms with E-state index in [2.05, 4.69) is 10.6 Å². The number of alkyl carbamates (subject to hydrolysis) is 1. The van der Waals surface area contributed by atoms with Crippen LogP contribution in [0.3, 0.4) is 0 Å². The van der Waals surface area contributed by atoms with Gasteiger partial charge in [-0.1, -0.05) is 12.1 Å². The van der Waals surface area contributed by atoms with Crippen LogP contribution in [0, 0.1) is 11.8 Å². The first-order valence-corrected chi connectivity index (χ1v) is 14.0. The number of carbonyl (C=O) groups excluding carboxylic acids is 6. The van der Waals surface area contributed by atoms with Crippen molar-refractivity contribution >= 4 is 35.6 Å². The molecule has 3 saturated heterocycles. The molecule has 1 saturated carbocycles. The zero-order valence-electron chi connectivity index (χ0n) is 23.2. The Morgan fingerprint density at radius 2 is 1.77 bits per heavy atom. The number of nitrogens with zero attached hydrogens (tertiary/aromatic N) is 2. The van der Waals surface area contributed by atoms with E-state index >= 15 is 0 Å². The number of benzene rings is 1. The number of likely N-dealkylation sites (tertiary alicyclic amines) is 1. The molecule has 6 rings (SSSR count). The lowest BCUT2D eigenvalue weighted by atomic mass is 9.63. The molecule has 0 aromatic heterocycles. The molecule has 11 nitrogen and oxygen atoms in total. The molecule has 4 heterocycles. The second-order valence-corrected chi connectivity index (χ2v) is 12.3. The van der Waals surface area contributed by atoms with E-state index in [1.165, 1.54) is 0 Å². The van der Waals surface area contributed by atoms with Gasteiger partial charge in [0.2, 0.25) is 11.8 Å². The number of ether oxygens (including phenoxy) is 1. The Morgan fingerprint density at radius 3 is 2.42 bits per heavy atom. The zero-order valence-corrected chi connectivity index (χ0v) is 23.2. The SMILES string of the molecule is CC(C)(C)OC(=O)NCCCC(=O)N1CCC(Cc2cccc3c2C(=O)N(C24CC(C2)C(=O)NC4=O)C3=O)CC1. The van der Waals surface area contributed by atoms with Gasteiger partial charge in [-0.05, 0) is 76.8 Å². The van der Waals surface area contributed by atoms with Gasteiger partial charge in [-0.15, -0.1) is 0 Å². The topological polar surface area (TPSA) is 142 Å². The molecule has 4 fully saturated rings. The highest BCUT2D eigenvalue weighted by atomic mass is 16.6. The summed E-state index contributed by atoms with van der Waals surface area (Å²) in [6.07, 6.45) is 2.87. The van der Waals surface area contributed by atoms with E-state index in [1.807, 2.05) is 11.0 Å². The van der Waals surface area contributed by atoms with E-state index < -0.39 is 35.0 Å². The number of rotatable bonds is 7. The van der Waals surface area contributed by atoms with Crippen molar-refractivity contribution in [3.8, 4) is 0 Å². The third-order valence-corrected chi connectivity index (χ3v) is 8.34. The molecule has 2 N–H and O–H groups in total. The number of hydrogen-bond acceptors (Lipinski definition) is 7. The van der Waals surface area contributed by atoms with Gasteiger partial charge in [-0.2, -0.15) is 0 Å². The Labute approximate surface area is 233 Å². The lowest BCUT2D eigenvalue weighted by Gasteiger charge is -2.52. The minimum absolute atomic E-state index is 0.0451. The highest BCUT2D eigenvalue weighted by Gasteiger charge is 2.65. The fraction of sp³-hybridized carbons (Fsp3) is 0.586. The highest BCUT2D eigenvalue weighted by Crippen LogP contribution is 2.49. The fourth-order valence-electron chi connectivity index (χ4n) is 6.25. The molecular weight excluding hydrogens is 516 g/mol. The number of piperidine rings is 3. The summed E-state index contributed by atoms with van der Waals surface area (Å²) in [6, 6.07) is 5.24. The average Bonchev–Trinajstić information content (AvgIpc) is 3.11. The second-order valence-electron chi connectivity index (χ2n) is 12.3. The summed E-state index contributed by atoms with van der Waals surface area (Å²) < 4.78 is 5.20. The Morgan fingerprint density at radius 1 is 1.07 bits per heavy atom. The molecule has 11 heteroatoms. The number of imide groups is 2. The summed E-state index contributed by atoms with van der Waals surface area (Å²) >= 11 is 0. The summed E-state index contributed by atoms with van der Waals surface area (Å²) in [4.78, 5) is 78.8. The van der Waals surface area contributed by atoms with Crippen LogP contribution in [-0.2, 0) is 25.5 Å². The predicted octanol–water partition coefficient (Wildman–Crippen LogP) is 2.17. The van der Waals surface area contributed by atoms with E-state index in [0.717, 1.165) is 23.3 Å². The normalized spacial score (nSPS) is 24.4. The van der Waals surface area contributed by atoms with Crippen molar-refractivity contribution in [2.24, 2.45) is 11.8 Å². The van der Waals surface area contributed by atoms with Crippen LogP contribution in [0.15, 0.2) is 18.2 Å². The van der Waals surface area contributed by atoms with Crippen LogP contribution in [-0.4, -0.2) is 76.2 Å². The van der Waals surface area contributed by atoms with Gasteiger partial charge in [0.25, 0.3) is 17.7 Å². The Bertz CT molecular complexity index is 1270. The van der Waals surface area contributed by atoms with Crippen LogP contribution in [0.1, 0.15) is 85.6 Å².